The van der Waals surface area contributed by atoms with E-state index in [1.165, 1.54) is 4.90 Å². The fourth-order valence-corrected chi connectivity index (χ4v) is 2.14. The highest BCUT2D eigenvalue weighted by Gasteiger charge is 2.18. The van der Waals surface area contributed by atoms with Crippen molar-refractivity contribution < 1.29 is 4.79 Å². The number of carbonyl (C=O) groups is 1. The normalized spacial score (nSPS) is 10.3. The topological polar surface area (TPSA) is 53.2 Å². The molecule has 0 aliphatic carbocycles. The molecule has 0 fully saturated rings. The van der Waals surface area contributed by atoms with Crippen molar-refractivity contribution in [1.29, 1.82) is 0 Å². The highest BCUT2D eigenvalue weighted by molar-refractivity contribution is 6.05. The maximum absolute atomic E-state index is 12.5. The smallest absolute Gasteiger partial charge is 0.263 e. The van der Waals surface area contributed by atoms with Crippen molar-refractivity contribution in [2.45, 2.75) is 20.3 Å². The summed E-state index contributed by atoms with van der Waals surface area (Å²) in [5.41, 5.74) is 2.40. The van der Waals surface area contributed by atoms with Crippen LogP contribution in [0, 0.1) is 6.92 Å². The number of aryl methyl sites for hydroxylation is 2. The zero-order valence-corrected chi connectivity index (χ0v) is 11.9. The number of nitrogens with one attached hydrogen (secondary N) is 1. The van der Waals surface area contributed by atoms with Crippen molar-refractivity contribution in [3.8, 4) is 0 Å². The van der Waals surface area contributed by atoms with E-state index in [0.29, 0.717) is 0 Å². The lowest BCUT2D eigenvalue weighted by Gasteiger charge is -2.17. The van der Waals surface area contributed by atoms with E-state index in [0.717, 1.165) is 23.4 Å². The Morgan fingerprint density at radius 1 is 1.25 bits per heavy atom. The largest absolute Gasteiger partial charge is 0.326 e. The number of para-hydroxylation sites is 1. The van der Waals surface area contributed by atoms with Crippen LogP contribution in [-0.2, 0) is 6.42 Å². The number of nitrogens with zero attached hydrogens (tertiary/aromatic N) is 1. The summed E-state index contributed by atoms with van der Waals surface area (Å²) in [6.07, 6.45) is 0.776. The first kappa shape index (κ1) is 14.1. The number of rotatable bonds is 3. The molecule has 0 unspecified atom stereocenters. The Morgan fingerprint density at radius 3 is 2.50 bits per heavy atom. The van der Waals surface area contributed by atoms with Crippen LogP contribution in [0.15, 0.2) is 41.2 Å². The van der Waals surface area contributed by atoms with Gasteiger partial charge in [0.1, 0.15) is 5.56 Å². The molecule has 1 N–H and O–H groups in total. The van der Waals surface area contributed by atoms with Gasteiger partial charge in [-0.05, 0) is 37.1 Å². The van der Waals surface area contributed by atoms with E-state index < -0.39 is 0 Å². The minimum absolute atomic E-state index is 0.179. The van der Waals surface area contributed by atoms with Crippen molar-refractivity contribution in [2.75, 3.05) is 11.9 Å². The number of pyridine rings is 1. The lowest BCUT2D eigenvalue weighted by molar-refractivity contribution is 0.0991. The second-order valence-electron chi connectivity index (χ2n) is 4.72. The standard InChI is InChI=1S/C16H18N2O2/c1-4-12-10-14(15(19)17-11(12)2)16(20)18(3)13-8-6-5-7-9-13/h5-10H,4H2,1-3H3,(H,17,19). The van der Waals surface area contributed by atoms with Gasteiger partial charge in [-0.1, -0.05) is 25.1 Å². The molecule has 1 heterocycles. The van der Waals surface area contributed by atoms with E-state index in [-0.39, 0.29) is 17.0 Å². The van der Waals surface area contributed by atoms with Gasteiger partial charge in [-0.15, -0.1) is 0 Å². The van der Waals surface area contributed by atoms with Gasteiger partial charge in [0.05, 0.1) is 0 Å². The summed E-state index contributed by atoms with van der Waals surface area (Å²) >= 11 is 0. The zero-order valence-electron chi connectivity index (χ0n) is 11.9. The molecule has 104 valence electrons. The molecule has 0 aliphatic heterocycles. The van der Waals surface area contributed by atoms with Gasteiger partial charge >= 0.3 is 0 Å². The molecule has 2 rings (SSSR count). The van der Waals surface area contributed by atoms with Gasteiger partial charge in [-0.2, -0.15) is 0 Å². The summed E-state index contributed by atoms with van der Waals surface area (Å²) in [6.45, 7) is 3.84. The monoisotopic (exact) mass is 270 g/mol. The zero-order chi connectivity index (χ0) is 14.7. The van der Waals surface area contributed by atoms with Gasteiger partial charge < -0.3 is 9.88 Å². The van der Waals surface area contributed by atoms with E-state index in [2.05, 4.69) is 4.98 Å². The molecular formula is C16H18N2O2. The number of aromatic amines is 1. The predicted molar refractivity (Wildman–Crippen MR) is 80.4 cm³/mol. The third-order valence-electron chi connectivity index (χ3n) is 3.41. The van der Waals surface area contributed by atoms with E-state index in [1.807, 2.05) is 44.2 Å². The minimum Gasteiger partial charge on any atom is -0.326 e. The van der Waals surface area contributed by atoms with Crippen molar-refractivity contribution in [3.05, 3.63) is 63.6 Å². The van der Waals surface area contributed by atoms with Crippen molar-refractivity contribution >= 4 is 11.6 Å². The summed E-state index contributed by atoms with van der Waals surface area (Å²) in [7, 11) is 1.67. The highest BCUT2D eigenvalue weighted by Crippen LogP contribution is 2.14. The first-order valence-electron chi connectivity index (χ1n) is 6.60. The Kier molecular flexibility index (Phi) is 4.03. The van der Waals surface area contributed by atoms with E-state index in [4.69, 9.17) is 0 Å². The number of anilines is 1. The first-order chi connectivity index (χ1) is 9.54. The fraction of sp³-hybridized carbons (Fsp3) is 0.250. The molecular weight excluding hydrogens is 252 g/mol. The summed E-state index contributed by atoms with van der Waals surface area (Å²) in [4.78, 5) is 28.7. The molecule has 2 aromatic rings. The molecule has 0 saturated carbocycles. The molecule has 0 atom stereocenters. The van der Waals surface area contributed by atoms with Crippen molar-refractivity contribution in [2.24, 2.45) is 0 Å². The highest BCUT2D eigenvalue weighted by atomic mass is 16.2. The molecule has 0 bridgehead atoms. The second kappa shape index (κ2) is 5.74. The van der Waals surface area contributed by atoms with Crippen LogP contribution >= 0.6 is 0 Å². The number of H-pyrrole nitrogens is 1. The van der Waals surface area contributed by atoms with Crippen LogP contribution in [0.2, 0.25) is 0 Å². The third kappa shape index (κ3) is 2.64. The molecule has 1 aromatic carbocycles. The van der Waals surface area contributed by atoms with Crippen molar-refractivity contribution in [3.63, 3.8) is 0 Å². The maximum Gasteiger partial charge on any atom is 0.263 e. The fourth-order valence-electron chi connectivity index (χ4n) is 2.14. The number of benzene rings is 1. The lowest BCUT2D eigenvalue weighted by Crippen LogP contribution is -2.32. The number of amides is 1. The summed E-state index contributed by atoms with van der Waals surface area (Å²) in [6, 6.07) is 11.0. The van der Waals surface area contributed by atoms with Crippen LogP contribution in [-0.4, -0.2) is 17.9 Å². The minimum atomic E-state index is -0.340. The molecule has 0 radical (unpaired) electrons. The molecule has 0 aliphatic rings. The van der Waals surface area contributed by atoms with Crippen LogP contribution in [0.5, 0.6) is 0 Å². The number of carbonyl (C=O) groups excluding carboxylic acids is 1. The summed E-state index contributed by atoms with van der Waals surface area (Å²) in [5.74, 6) is -0.299. The predicted octanol–water partition coefficient (Wildman–Crippen LogP) is 2.52. The van der Waals surface area contributed by atoms with E-state index in [1.54, 1.807) is 13.1 Å². The quantitative estimate of drug-likeness (QED) is 0.931. The van der Waals surface area contributed by atoms with Crippen molar-refractivity contribution in [1.82, 2.24) is 4.98 Å². The molecule has 1 aromatic heterocycles. The Balaban J connectivity index is 2.41. The van der Waals surface area contributed by atoms with Crippen LogP contribution in [0.1, 0.15) is 28.5 Å². The van der Waals surface area contributed by atoms with Gasteiger partial charge in [0.25, 0.3) is 11.5 Å². The SMILES string of the molecule is CCc1cc(C(=O)N(C)c2ccccc2)c(=O)[nH]c1C. The van der Waals surface area contributed by atoms with E-state index in [9.17, 15) is 9.59 Å². The molecule has 4 nitrogen and oxygen atoms in total. The Bertz CT molecular complexity index is 675. The lowest BCUT2D eigenvalue weighted by atomic mass is 10.1. The maximum atomic E-state index is 12.5. The van der Waals surface area contributed by atoms with Gasteiger partial charge in [0, 0.05) is 18.4 Å². The molecule has 0 saturated heterocycles. The number of hydrogen-bond acceptors (Lipinski definition) is 2. The van der Waals surface area contributed by atoms with Crippen LogP contribution in [0.4, 0.5) is 5.69 Å². The van der Waals surface area contributed by atoms with Gasteiger partial charge in [-0.25, -0.2) is 0 Å². The average molecular weight is 270 g/mol. The first-order valence-corrected chi connectivity index (χ1v) is 6.60. The molecule has 1 amide bonds. The third-order valence-corrected chi connectivity index (χ3v) is 3.41. The Hall–Kier alpha value is -2.36. The van der Waals surface area contributed by atoms with Gasteiger partial charge in [-0.3, -0.25) is 9.59 Å². The molecule has 4 heteroatoms. The Morgan fingerprint density at radius 2 is 1.90 bits per heavy atom. The van der Waals surface area contributed by atoms with Gasteiger partial charge in [0.2, 0.25) is 0 Å². The molecule has 0 spiro atoms. The van der Waals surface area contributed by atoms with Crippen LogP contribution in [0.25, 0.3) is 0 Å². The van der Waals surface area contributed by atoms with Crippen LogP contribution < -0.4 is 10.5 Å². The number of aromatic nitrogens is 1. The van der Waals surface area contributed by atoms with Gasteiger partial charge in [0.15, 0.2) is 0 Å². The molecule has 20 heavy (non-hydrogen) atoms. The summed E-state index contributed by atoms with van der Waals surface area (Å²) < 4.78 is 0. The Labute approximate surface area is 118 Å². The number of hydrogen-bond donors (Lipinski definition) is 1. The summed E-state index contributed by atoms with van der Waals surface area (Å²) in [5, 5.41) is 0. The second-order valence-corrected chi connectivity index (χ2v) is 4.72. The average Bonchev–Trinajstić information content (AvgIpc) is 2.47. The van der Waals surface area contributed by atoms with E-state index >= 15 is 0 Å². The van der Waals surface area contributed by atoms with Crippen LogP contribution in [0.3, 0.4) is 0 Å².